The van der Waals surface area contributed by atoms with Crippen LogP contribution in [0.5, 0.6) is 0 Å². The molecule has 0 aliphatic rings. The minimum Gasteiger partial charge on any atom is -0.378 e. The van der Waals surface area contributed by atoms with Crippen LogP contribution in [0.15, 0.2) is 35.8 Å². The average molecular weight is 335 g/mol. The van der Waals surface area contributed by atoms with E-state index >= 15 is 0 Å². The van der Waals surface area contributed by atoms with E-state index in [9.17, 15) is 0 Å². The Morgan fingerprint density at radius 2 is 2.05 bits per heavy atom. The third kappa shape index (κ3) is 3.71. The first-order chi connectivity index (χ1) is 10.7. The van der Waals surface area contributed by atoms with Gasteiger partial charge >= 0.3 is 0 Å². The maximum absolute atomic E-state index is 5.90. The van der Waals surface area contributed by atoms with Crippen LogP contribution in [0.4, 0.5) is 0 Å². The molecular formula is C15H15ClN4OS. The van der Waals surface area contributed by atoms with Crippen molar-refractivity contribution in [3.8, 4) is 10.6 Å². The van der Waals surface area contributed by atoms with Crippen molar-refractivity contribution in [1.29, 1.82) is 0 Å². The third-order valence-corrected chi connectivity index (χ3v) is 4.31. The summed E-state index contributed by atoms with van der Waals surface area (Å²) >= 11 is 7.54. The van der Waals surface area contributed by atoms with E-state index in [0.29, 0.717) is 6.61 Å². The summed E-state index contributed by atoms with van der Waals surface area (Å²) in [6.45, 7) is 1.23. The molecule has 0 atom stereocenters. The minimum atomic E-state index is 0.484. The van der Waals surface area contributed by atoms with Crippen molar-refractivity contribution in [1.82, 2.24) is 20.0 Å². The summed E-state index contributed by atoms with van der Waals surface area (Å²) < 4.78 is 6.84. The summed E-state index contributed by atoms with van der Waals surface area (Å²) in [6.07, 6.45) is 2.72. The summed E-state index contributed by atoms with van der Waals surface area (Å²) in [5.41, 5.74) is 2.98. The molecule has 3 aromatic rings. The van der Waals surface area contributed by atoms with Crippen LogP contribution in [0.3, 0.4) is 0 Å². The Labute approximate surface area is 137 Å². The van der Waals surface area contributed by atoms with Crippen molar-refractivity contribution in [3.63, 3.8) is 0 Å². The van der Waals surface area contributed by atoms with Gasteiger partial charge in [0.2, 0.25) is 0 Å². The van der Waals surface area contributed by atoms with Crippen molar-refractivity contribution in [2.45, 2.75) is 19.6 Å². The van der Waals surface area contributed by atoms with Gasteiger partial charge in [-0.15, -0.1) is 16.4 Å². The van der Waals surface area contributed by atoms with E-state index in [2.05, 4.69) is 20.7 Å². The van der Waals surface area contributed by atoms with Gasteiger partial charge in [-0.2, -0.15) is 0 Å². The van der Waals surface area contributed by atoms with Gasteiger partial charge < -0.3 is 4.74 Å². The van der Waals surface area contributed by atoms with Crippen molar-refractivity contribution in [3.05, 3.63) is 52.3 Å². The highest BCUT2D eigenvalue weighted by atomic mass is 35.5. The second-order valence-corrected chi connectivity index (χ2v) is 6.10. The number of hydrogen-bond donors (Lipinski definition) is 0. The molecule has 22 heavy (non-hydrogen) atoms. The molecule has 7 heteroatoms. The predicted molar refractivity (Wildman–Crippen MR) is 87.0 cm³/mol. The molecule has 0 N–H and O–H groups in total. The summed E-state index contributed by atoms with van der Waals surface area (Å²) in [7, 11) is 1.65. The van der Waals surface area contributed by atoms with E-state index in [1.165, 1.54) is 0 Å². The lowest BCUT2D eigenvalue weighted by Gasteiger charge is -1.98. The summed E-state index contributed by atoms with van der Waals surface area (Å²) in [5.74, 6) is 0. The Balaban J connectivity index is 1.62. The SMILES string of the molecule is COCc1cn(CCc2csc(-c3ccc(Cl)cc3)n2)nn1. The standard InChI is InChI=1S/C15H15ClN4OS/c1-21-9-14-8-20(19-18-14)7-6-13-10-22-15(17-13)11-2-4-12(16)5-3-11/h2-5,8,10H,6-7,9H2,1H3. The van der Waals surface area contributed by atoms with Crippen molar-refractivity contribution in [2.75, 3.05) is 7.11 Å². The van der Waals surface area contributed by atoms with Gasteiger partial charge in [-0.1, -0.05) is 28.9 Å². The third-order valence-electron chi connectivity index (χ3n) is 3.12. The molecule has 0 amide bonds. The zero-order valence-electron chi connectivity index (χ0n) is 12.1. The average Bonchev–Trinajstić information content (AvgIpc) is 3.16. The number of methoxy groups -OCH3 is 1. The summed E-state index contributed by atoms with van der Waals surface area (Å²) in [4.78, 5) is 4.66. The number of nitrogens with zero attached hydrogens (tertiary/aromatic N) is 4. The smallest absolute Gasteiger partial charge is 0.123 e. The number of thiazole rings is 1. The molecule has 0 spiro atoms. The molecule has 0 radical (unpaired) electrons. The Kier molecular flexibility index (Phi) is 4.82. The highest BCUT2D eigenvalue weighted by Gasteiger charge is 2.06. The summed E-state index contributed by atoms with van der Waals surface area (Å²) in [6, 6.07) is 7.73. The van der Waals surface area contributed by atoms with Gasteiger partial charge in [-0.05, 0) is 12.1 Å². The maximum Gasteiger partial charge on any atom is 0.123 e. The van der Waals surface area contributed by atoms with Gasteiger partial charge in [-0.3, -0.25) is 4.68 Å². The first-order valence-electron chi connectivity index (χ1n) is 6.83. The first-order valence-corrected chi connectivity index (χ1v) is 8.08. The van der Waals surface area contributed by atoms with Crippen LogP contribution < -0.4 is 0 Å². The number of ether oxygens (including phenoxy) is 1. The number of benzene rings is 1. The molecule has 0 bridgehead atoms. The number of aromatic nitrogens is 4. The van der Waals surface area contributed by atoms with Gasteiger partial charge in [0.1, 0.15) is 10.7 Å². The molecule has 2 aromatic heterocycles. The van der Waals surface area contributed by atoms with Gasteiger partial charge in [-0.25, -0.2) is 4.98 Å². The lowest BCUT2D eigenvalue weighted by atomic mass is 10.2. The highest BCUT2D eigenvalue weighted by molar-refractivity contribution is 7.13. The number of halogens is 1. The fourth-order valence-corrected chi connectivity index (χ4v) is 3.02. The molecule has 0 fully saturated rings. The molecular weight excluding hydrogens is 320 g/mol. The van der Waals surface area contributed by atoms with Gasteiger partial charge in [0.25, 0.3) is 0 Å². The molecule has 5 nitrogen and oxygen atoms in total. The molecule has 0 saturated carbocycles. The van der Waals surface area contributed by atoms with Crippen LogP contribution in [0, 0.1) is 0 Å². The fraction of sp³-hybridized carbons (Fsp3) is 0.267. The van der Waals surface area contributed by atoms with Gasteiger partial charge in [0, 0.05) is 36.0 Å². The van der Waals surface area contributed by atoms with E-state index < -0.39 is 0 Å². The molecule has 1 aromatic carbocycles. The van der Waals surface area contributed by atoms with Crippen LogP contribution in [0.1, 0.15) is 11.4 Å². The largest absolute Gasteiger partial charge is 0.378 e. The molecule has 2 heterocycles. The molecule has 0 unspecified atom stereocenters. The van der Waals surface area contributed by atoms with Crippen molar-refractivity contribution in [2.24, 2.45) is 0 Å². The lowest BCUT2D eigenvalue weighted by Crippen LogP contribution is -2.02. The maximum atomic E-state index is 5.90. The zero-order chi connectivity index (χ0) is 15.4. The van der Waals surface area contributed by atoms with E-state index in [1.807, 2.05) is 35.1 Å². The number of aryl methyl sites for hydroxylation is 2. The van der Waals surface area contributed by atoms with E-state index in [-0.39, 0.29) is 0 Å². The predicted octanol–water partition coefficient (Wildman–Crippen LogP) is 3.44. The van der Waals surface area contributed by atoms with Crippen LogP contribution in [-0.4, -0.2) is 27.1 Å². The van der Waals surface area contributed by atoms with Crippen LogP contribution in [0.2, 0.25) is 5.02 Å². The normalized spacial score (nSPS) is 11.0. The number of hydrogen-bond acceptors (Lipinski definition) is 5. The van der Waals surface area contributed by atoms with Crippen LogP contribution >= 0.6 is 22.9 Å². The lowest BCUT2D eigenvalue weighted by molar-refractivity contribution is 0.181. The molecule has 0 aliphatic heterocycles. The van der Waals surface area contributed by atoms with Gasteiger partial charge in [0.15, 0.2) is 0 Å². The monoisotopic (exact) mass is 334 g/mol. The second-order valence-electron chi connectivity index (χ2n) is 4.81. The molecule has 0 saturated heterocycles. The Hall–Kier alpha value is -1.76. The van der Waals surface area contributed by atoms with Crippen molar-refractivity contribution < 1.29 is 4.74 Å². The highest BCUT2D eigenvalue weighted by Crippen LogP contribution is 2.25. The topological polar surface area (TPSA) is 52.8 Å². The second kappa shape index (κ2) is 7.00. The van der Waals surface area contributed by atoms with Crippen LogP contribution in [0.25, 0.3) is 10.6 Å². The van der Waals surface area contributed by atoms with E-state index in [1.54, 1.807) is 18.4 Å². The molecule has 114 valence electrons. The van der Waals surface area contributed by atoms with E-state index in [0.717, 1.165) is 39.9 Å². The fourth-order valence-electron chi connectivity index (χ4n) is 2.04. The minimum absolute atomic E-state index is 0.484. The Bertz CT molecular complexity index is 738. The van der Waals surface area contributed by atoms with Crippen molar-refractivity contribution >= 4 is 22.9 Å². The molecule has 3 rings (SSSR count). The first kappa shape index (κ1) is 15.1. The summed E-state index contributed by atoms with van der Waals surface area (Å²) in [5, 5.41) is 11.9. The Morgan fingerprint density at radius 3 is 2.82 bits per heavy atom. The van der Waals surface area contributed by atoms with Gasteiger partial charge in [0.05, 0.1) is 18.5 Å². The number of rotatable bonds is 6. The molecule has 0 aliphatic carbocycles. The quantitative estimate of drug-likeness (QED) is 0.693. The van der Waals surface area contributed by atoms with Crippen LogP contribution in [-0.2, 0) is 24.3 Å². The zero-order valence-corrected chi connectivity index (χ0v) is 13.6. The van der Waals surface area contributed by atoms with E-state index in [4.69, 9.17) is 16.3 Å². The Morgan fingerprint density at radius 1 is 1.23 bits per heavy atom.